The smallest absolute Gasteiger partial charge is 0.308 e. The van der Waals surface area contributed by atoms with Gasteiger partial charge in [-0.2, -0.15) is 0 Å². The number of esters is 1. The van der Waals surface area contributed by atoms with Crippen molar-refractivity contribution in [3.05, 3.63) is 48.6 Å². The van der Waals surface area contributed by atoms with Crippen molar-refractivity contribution in [3.63, 3.8) is 0 Å². The Morgan fingerprint density at radius 3 is 1.52 bits per heavy atom. The maximum atomic E-state index is 14.6. The first kappa shape index (κ1) is 94.9. The lowest BCUT2D eigenvalue weighted by Crippen LogP contribution is -2.62. The van der Waals surface area contributed by atoms with Crippen LogP contribution in [0.1, 0.15) is 253 Å². The molecule has 3 unspecified atom stereocenters. The first-order chi connectivity index (χ1) is 64.1. The van der Waals surface area contributed by atoms with Crippen LogP contribution in [0.2, 0.25) is 0 Å². The van der Waals surface area contributed by atoms with Gasteiger partial charge in [-0.25, -0.2) is 5.90 Å². The van der Waals surface area contributed by atoms with Crippen LogP contribution >= 0.6 is 0 Å². The highest BCUT2D eigenvalue weighted by Crippen LogP contribution is 2.62. The molecule has 1 aliphatic carbocycles. The standard InChI is InChI=1S/C61H88O18.C41H60O11.H3NO/c1-27-13-35-7-9-39-28(2)14-37(66-39)11-12-60-25-48-55(78-60)56-57(73-48)58(79-60)54-40(70-56)10-8-36(68-54)16-49(65)74-53-32(6)52-45(69-44(53)17-41(67-35)31(27)5)19-43-47(72-52)24-61(76-43)23-33-22-59(20-29(3)50(33)77-61)21-30(4)51-46(75-59)18-42(71-51)38(64)15-34(63)26-62;1-6-23(42)17-33-35(44-5)28-16-24(43)15-26-8-10-30-36(47-26)40-39-38(49-30)37-34(50-39)19-41(51-37,52-40)12-11-27-14-21(3)29(45-27)9-7-25-13-20(2)22(4)31(46-25)18-32(28)48-33;1-2/h27,29-30,32-48,50-58,62-64H,2,5,7-26H2,1,3-4,6H3;20,23,25-40,42H,3-4,6-19H2,1-2,5H3;2H,1H2/t27-,29+,30+,32+,33+,34+,35+,36-,37+,38-,39+,40+,41?,42+,43-,44+,45+,46+,47-,48-,50+,51+,52+,53-,54+,55+,56+,57-,58+,59-,60+,61-;20-,23-,25+,26-,27+,28+,29+,30+,31?,32?,33-,34-,35-,36+,37+,38+,39-,40+,41+;/m11./s1. The van der Waals surface area contributed by atoms with E-state index < -0.39 is 72.8 Å². The molecule has 31 heteroatoms. The van der Waals surface area contributed by atoms with Gasteiger partial charge in [0.1, 0.15) is 72.9 Å². The second kappa shape index (κ2) is 37.6. The molecule has 0 aromatic rings. The summed E-state index contributed by atoms with van der Waals surface area (Å²) in [4.78, 5) is 28.7. The van der Waals surface area contributed by atoms with Crippen LogP contribution in [0.3, 0.4) is 0 Å². The number of Topliss-reactive ketones (excluding diaryl/α,β-unsaturated/α-hetero) is 1. The van der Waals surface area contributed by atoms with E-state index >= 15 is 0 Å². The molecule has 51 atom stereocenters. The number of methoxy groups -OCH3 is 1. The summed E-state index contributed by atoms with van der Waals surface area (Å²) in [5.74, 6) is 1.70. The van der Waals surface area contributed by atoms with Gasteiger partial charge in [0, 0.05) is 109 Å². The van der Waals surface area contributed by atoms with E-state index in [1.54, 1.807) is 7.11 Å². The Hall–Kier alpha value is -3.02. The lowest BCUT2D eigenvalue weighted by atomic mass is 9.66. The predicted octanol–water partition coefficient (Wildman–Crippen LogP) is 9.81. The molecule has 26 fully saturated rings. The largest absolute Gasteiger partial charge is 0.459 e. The van der Waals surface area contributed by atoms with E-state index in [4.69, 9.17) is 114 Å². The number of ketones is 1. The van der Waals surface area contributed by atoms with Crippen LogP contribution < -0.4 is 5.90 Å². The molecule has 4 spiro atoms. The molecule has 25 aliphatic heterocycles. The molecule has 1 saturated carbocycles. The first-order valence-corrected chi connectivity index (χ1v) is 51.9. The zero-order valence-corrected chi connectivity index (χ0v) is 79.0. The van der Waals surface area contributed by atoms with Gasteiger partial charge < -0.3 is 135 Å². The van der Waals surface area contributed by atoms with Crippen molar-refractivity contribution in [2.24, 2.45) is 47.3 Å². The molecule has 26 aliphatic rings. The van der Waals surface area contributed by atoms with E-state index in [9.17, 15) is 30.0 Å². The van der Waals surface area contributed by atoms with Crippen molar-refractivity contribution in [1.82, 2.24) is 0 Å². The van der Waals surface area contributed by atoms with E-state index in [0.717, 1.165) is 131 Å². The van der Waals surface area contributed by atoms with Crippen molar-refractivity contribution in [2.45, 2.75) is 521 Å². The maximum Gasteiger partial charge on any atom is 0.308 e. The lowest BCUT2D eigenvalue weighted by Gasteiger charge is -2.51. The van der Waals surface area contributed by atoms with Gasteiger partial charge in [-0.1, -0.05) is 67.9 Å². The molecule has 25 heterocycles. The van der Waals surface area contributed by atoms with Crippen LogP contribution in [0.4, 0.5) is 0 Å². The summed E-state index contributed by atoms with van der Waals surface area (Å²) in [6.45, 7) is 30.8. The molecule has 26 rings (SSSR count). The average Bonchev–Trinajstić information content (AvgIpc) is 2.14. The van der Waals surface area contributed by atoms with Crippen molar-refractivity contribution < 1.29 is 144 Å². The minimum Gasteiger partial charge on any atom is -0.459 e. The van der Waals surface area contributed by atoms with Crippen molar-refractivity contribution >= 4 is 11.8 Å². The number of rotatable bonds is 8. The number of nitrogens with two attached hydrogens (primary N) is 1. The Kier molecular flexibility index (Phi) is 26.8. The van der Waals surface area contributed by atoms with Gasteiger partial charge in [-0.15, -0.1) is 0 Å². The SMILES string of the molecule is C=C1C2CC3O[C@H](C[C@H](O)CC)[C@H](OC)[C@H]3CC(=O)C[C@H]3CC[C@@H]4O[C@@H]5[C@H]6O[C@@H]7C[C@](CC[C@H]8CC(=C)[C@H](CC[C@@H](C[C@H]1C)O2)O8)(O[C@H]6[C@H]4O3)O[C@H]57.C=C1C2C[C@@H]3O[C@H]4C[C@H]5O[C@@]6(C[C@@H]7C[C@@]8(C[C@H](C)[C@@H]7O6)C[C@H](C)[C@@H]6O[C@H]([C@H](O)C[C@H](O)CO)C[C@@H]6O8)C[C@H]5O[C@H]4[C@H](C)[C@H]3OC(=O)C[C@H]3CC[C@@H]4O[C@@H]5[C@H]6O[C@@H]7C[C@](CC[C@H]8CC(=C)[C@H](CC[C@@H](C[C@H]1C)O2)O8)(O[C@H]6[C@H]4O3)O[C@H]57.NO. The Bertz CT molecular complexity index is 4220. The molecule has 25 saturated heterocycles. The van der Waals surface area contributed by atoms with Gasteiger partial charge in [-0.3, -0.25) is 9.59 Å². The summed E-state index contributed by atoms with van der Waals surface area (Å²) in [5.41, 5.74) is 4.05. The molecule has 0 radical (unpaired) electrons. The lowest BCUT2D eigenvalue weighted by molar-refractivity contribution is -0.293. The molecule has 31 nitrogen and oxygen atoms in total. The van der Waals surface area contributed by atoms with Crippen LogP contribution in [0.25, 0.3) is 0 Å². The highest BCUT2D eigenvalue weighted by atomic mass is 16.8. The number of hydrogen-bond donors (Lipinski definition) is 6. The summed E-state index contributed by atoms with van der Waals surface area (Å²) in [6, 6.07) is 0. The number of aliphatic hydroxyl groups excluding tert-OH is 4. The molecule has 7 N–H and O–H groups in total. The van der Waals surface area contributed by atoms with Gasteiger partial charge in [0.25, 0.3) is 0 Å². The summed E-state index contributed by atoms with van der Waals surface area (Å²) >= 11 is 0. The van der Waals surface area contributed by atoms with E-state index in [0.29, 0.717) is 95.8 Å². The van der Waals surface area contributed by atoms with E-state index in [-0.39, 0.29) is 261 Å². The Labute approximate surface area is 782 Å². The fraction of sp³-hybridized carbons (Fsp3) is 0.902. The zero-order chi connectivity index (χ0) is 91.9. The predicted molar refractivity (Wildman–Crippen MR) is 470 cm³/mol. The molecule has 0 amide bonds. The second-order valence-corrected chi connectivity index (χ2v) is 45.7. The topological polar surface area (TPSA) is 374 Å². The molecular weight excluding hydrogens is 1720 g/mol. The second-order valence-electron chi connectivity index (χ2n) is 45.7. The van der Waals surface area contributed by atoms with Crippen LogP contribution in [0.15, 0.2) is 48.6 Å². The van der Waals surface area contributed by atoms with Gasteiger partial charge in [0.05, 0.1) is 196 Å². The van der Waals surface area contributed by atoms with Gasteiger partial charge in [-0.05, 0) is 167 Å². The number of ether oxygens (including phenoxy) is 23. The van der Waals surface area contributed by atoms with E-state index in [2.05, 4.69) is 66.8 Å². The van der Waals surface area contributed by atoms with Gasteiger partial charge in [0.15, 0.2) is 17.4 Å². The average molecular weight is 1870 g/mol. The molecular formula is C102H151NO30. The summed E-state index contributed by atoms with van der Waals surface area (Å²) in [5, 5.41) is 47.6. The Balaban J connectivity index is 0.000000165. The minimum atomic E-state index is -0.991. The van der Waals surface area contributed by atoms with Crippen molar-refractivity contribution in [2.75, 3.05) is 13.7 Å². The number of aliphatic hydroxyl groups is 4. The monoisotopic (exact) mass is 1870 g/mol. The molecule has 133 heavy (non-hydrogen) atoms. The molecule has 24 bridgehead atoms. The number of fused-ring (bicyclic) bond motifs is 16. The van der Waals surface area contributed by atoms with Crippen LogP contribution in [-0.4, -0.2) is 318 Å². The summed E-state index contributed by atoms with van der Waals surface area (Å²) in [7, 11) is 1.69. The number of carbonyl (C=O) groups is 2. The van der Waals surface area contributed by atoms with E-state index in [1.807, 2.05) is 6.92 Å². The number of carbonyl (C=O) groups excluding carboxylic acids is 2. The van der Waals surface area contributed by atoms with E-state index in [1.165, 1.54) is 0 Å². The van der Waals surface area contributed by atoms with Gasteiger partial charge >= 0.3 is 5.97 Å². The quantitative estimate of drug-likeness (QED) is 0.0747. The fourth-order valence-corrected chi connectivity index (χ4v) is 30.3. The molecule has 0 aromatic carbocycles. The molecule has 744 valence electrons. The third-order valence-electron chi connectivity index (χ3n) is 36.7. The Morgan fingerprint density at radius 2 is 0.925 bits per heavy atom. The van der Waals surface area contributed by atoms with Crippen molar-refractivity contribution in [1.29, 1.82) is 0 Å². The zero-order valence-electron chi connectivity index (χ0n) is 79.0. The fourth-order valence-electron chi connectivity index (χ4n) is 30.3. The van der Waals surface area contributed by atoms with Crippen LogP contribution in [-0.2, 0) is 119 Å². The molecule has 0 aromatic heterocycles. The highest BCUT2D eigenvalue weighted by Gasteiger charge is 2.73. The number of hydrogen-bond acceptors (Lipinski definition) is 31. The normalized spacial score (nSPS) is 54.5. The summed E-state index contributed by atoms with van der Waals surface area (Å²) in [6.07, 6.45) is 11.5. The van der Waals surface area contributed by atoms with Crippen LogP contribution in [0.5, 0.6) is 0 Å². The first-order valence-electron chi connectivity index (χ1n) is 51.9. The maximum absolute atomic E-state index is 14.6. The summed E-state index contributed by atoms with van der Waals surface area (Å²) < 4.78 is 157. The van der Waals surface area contributed by atoms with Crippen LogP contribution in [0, 0.1) is 41.4 Å². The third kappa shape index (κ3) is 17.9. The Morgan fingerprint density at radius 1 is 0.406 bits per heavy atom. The highest BCUT2D eigenvalue weighted by molar-refractivity contribution is 5.79. The third-order valence-corrected chi connectivity index (χ3v) is 36.7. The van der Waals surface area contributed by atoms with Crippen molar-refractivity contribution in [3.8, 4) is 0 Å². The van der Waals surface area contributed by atoms with Gasteiger partial charge in [0.2, 0.25) is 0 Å². The minimum absolute atomic E-state index is 0.00556.